The molecule has 0 heterocycles. The van der Waals surface area contributed by atoms with E-state index in [9.17, 15) is 0 Å². The molecule has 0 aliphatic rings. The van der Waals surface area contributed by atoms with Crippen LogP contribution in [-0.2, 0) is 9.47 Å². The molecule has 2 nitrogen and oxygen atoms in total. The van der Waals surface area contributed by atoms with E-state index in [1.54, 1.807) is 0 Å². The molecule has 0 aromatic heterocycles. The van der Waals surface area contributed by atoms with Gasteiger partial charge in [0.15, 0.2) is 0 Å². The van der Waals surface area contributed by atoms with Gasteiger partial charge in [-0.25, -0.2) is 0 Å². The largest absolute Gasteiger partial charge is 0.379 e. The van der Waals surface area contributed by atoms with E-state index in [-0.39, 0.29) is 12.2 Å². The molecule has 0 aromatic rings. The molecule has 0 amide bonds. The highest BCUT2D eigenvalue weighted by Crippen LogP contribution is 1.97. The van der Waals surface area contributed by atoms with Crippen molar-refractivity contribution in [2.75, 3.05) is 13.2 Å². The Balaban J connectivity index is 3.15. The maximum absolute atomic E-state index is 5.45. The average Bonchev–Trinajstić information content (AvgIpc) is 1.86. The molecule has 0 bridgehead atoms. The molecule has 1 unspecified atom stereocenters. The van der Waals surface area contributed by atoms with Crippen molar-refractivity contribution in [1.29, 1.82) is 0 Å². The van der Waals surface area contributed by atoms with Gasteiger partial charge in [-0.3, -0.25) is 0 Å². The van der Waals surface area contributed by atoms with Crippen LogP contribution in [0, 0.1) is 6.92 Å². The second-order valence-corrected chi connectivity index (χ2v) is 2.92. The lowest BCUT2D eigenvalue weighted by molar-refractivity contribution is -0.0340. The lowest BCUT2D eigenvalue weighted by Gasteiger charge is -2.15. The van der Waals surface area contributed by atoms with E-state index in [4.69, 9.17) is 9.47 Å². The van der Waals surface area contributed by atoms with E-state index >= 15 is 0 Å². The van der Waals surface area contributed by atoms with Crippen LogP contribution in [0.15, 0.2) is 0 Å². The van der Waals surface area contributed by atoms with Crippen molar-refractivity contribution in [3.05, 3.63) is 6.92 Å². The predicted molar refractivity (Wildman–Crippen MR) is 46.5 cm³/mol. The molecule has 0 aliphatic carbocycles. The predicted octanol–water partition coefficient (Wildman–Crippen LogP) is 2.04. The summed E-state index contributed by atoms with van der Waals surface area (Å²) < 4.78 is 10.7. The number of hydrogen-bond donors (Lipinski definition) is 0. The van der Waals surface area contributed by atoms with Crippen LogP contribution in [0.5, 0.6) is 0 Å². The normalized spacial score (nSPS) is 13.9. The molecule has 0 rings (SSSR count). The van der Waals surface area contributed by atoms with Gasteiger partial charge in [0.2, 0.25) is 0 Å². The molecule has 1 atom stereocenters. The summed E-state index contributed by atoms with van der Waals surface area (Å²) >= 11 is 0. The van der Waals surface area contributed by atoms with Crippen molar-refractivity contribution in [2.45, 2.75) is 39.4 Å². The van der Waals surface area contributed by atoms with Crippen LogP contribution in [-0.4, -0.2) is 25.4 Å². The highest BCUT2D eigenvalue weighted by Gasteiger charge is 2.03. The fraction of sp³-hybridized carbons (Fsp3) is 0.889. The van der Waals surface area contributed by atoms with Crippen molar-refractivity contribution in [1.82, 2.24) is 0 Å². The Hall–Kier alpha value is -0.0800. The molecular formula is C9H19O2. The van der Waals surface area contributed by atoms with Gasteiger partial charge in [-0.2, -0.15) is 0 Å². The molecule has 1 radical (unpaired) electrons. The third-order valence-electron chi connectivity index (χ3n) is 1.15. The first-order valence-corrected chi connectivity index (χ1v) is 4.19. The summed E-state index contributed by atoms with van der Waals surface area (Å²) in [5.41, 5.74) is 0. The highest BCUT2D eigenvalue weighted by atomic mass is 16.5. The average molecular weight is 159 g/mol. The van der Waals surface area contributed by atoms with E-state index in [0.29, 0.717) is 6.61 Å². The zero-order valence-corrected chi connectivity index (χ0v) is 7.80. The standard InChI is InChI=1S/C9H19O2/c1-5-6-10-7-9(4)11-8(2)3/h8-9H,1,5-7H2,2-4H3. The lowest BCUT2D eigenvalue weighted by atomic mass is 10.4. The number of hydrogen-bond acceptors (Lipinski definition) is 2. The van der Waals surface area contributed by atoms with Crippen molar-refractivity contribution >= 4 is 0 Å². The summed E-state index contributed by atoms with van der Waals surface area (Å²) in [6.07, 6.45) is 1.31. The summed E-state index contributed by atoms with van der Waals surface area (Å²) in [6.45, 7) is 11.1. The fourth-order valence-electron chi connectivity index (χ4n) is 0.855. The van der Waals surface area contributed by atoms with E-state index in [1.807, 2.05) is 20.8 Å². The molecule has 0 aliphatic heterocycles. The topological polar surface area (TPSA) is 18.5 Å². The van der Waals surface area contributed by atoms with Gasteiger partial charge in [0.25, 0.3) is 0 Å². The van der Waals surface area contributed by atoms with Crippen molar-refractivity contribution < 1.29 is 9.47 Å². The molecule has 0 aromatic carbocycles. The molecule has 2 heteroatoms. The second kappa shape index (κ2) is 6.62. The van der Waals surface area contributed by atoms with Crippen LogP contribution < -0.4 is 0 Å². The Morgan fingerprint density at radius 1 is 1.27 bits per heavy atom. The van der Waals surface area contributed by atoms with E-state index in [1.165, 1.54) is 0 Å². The molecule has 0 saturated carbocycles. The summed E-state index contributed by atoms with van der Waals surface area (Å²) in [5, 5.41) is 0. The Morgan fingerprint density at radius 3 is 2.36 bits per heavy atom. The fourth-order valence-corrected chi connectivity index (χ4v) is 0.855. The molecule has 0 fully saturated rings. The van der Waals surface area contributed by atoms with Crippen LogP contribution in [0.25, 0.3) is 0 Å². The Labute approximate surface area is 69.9 Å². The minimum atomic E-state index is 0.196. The SMILES string of the molecule is [CH2]CCOCC(C)OC(C)C. The summed E-state index contributed by atoms with van der Waals surface area (Å²) in [5.74, 6) is 0. The first-order valence-electron chi connectivity index (χ1n) is 4.19. The third kappa shape index (κ3) is 7.82. The molecule has 0 saturated heterocycles. The zero-order chi connectivity index (χ0) is 8.69. The molecule has 11 heavy (non-hydrogen) atoms. The number of rotatable bonds is 6. The summed E-state index contributed by atoms with van der Waals surface area (Å²) in [4.78, 5) is 0. The van der Waals surface area contributed by atoms with Gasteiger partial charge >= 0.3 is 0 Å². The molecule has 0 spiro atoms. The first-order chi connectivity index (χ1) is 5.16. The van der Waals surface area contributed by atoms with E-state index in [0.717, 1.165) is 13.0 Å². The van der Waals surface area contributed by atoms with Crippen LogP contribution in [0.4, 0.5) is 0 Å². The van der Waals surface area contributed by atoms with Crippen molar-refractivity contribution in [3.63, 3.8) is 0 Å². The van der Waals surface area contributed by atoms with E-state index in [2.05, 4.69) is 6.92 Å². The Morgan fingerprint density at radius 2 is 1.91 bits per heavy atom. The maximum Gasteiger partial charge on any atom is 0.0783 e. The highest BCUT2D eigenvalue weighted by molar-refractivity contribution is 4.49. The van der Waals surface area contributed by atoms with Gasteiger partial charge in [-0.1, -0.05) is 6.92 Å². The van der Waals surface area contributed by atoms with Crippen molar-refractivity contribution in [3.8, 4) is 0 Å². The van der Waals surface area contributed by atoms with Gasteiger partial charge < -0.3 is 9.47 Å². The van der Waals surface area contributed by atoms with E-state index < -0.39 is 0 Å². The number of ether oxygens (including phenoxy) is 2. The summed E-state index contributed by atoms with van der Waals surface area (Å²) in [6, 6.07) is 0. The van der Waals surface area contributed by atoms with Gasteiger partial charge in [0.05, 0.1) is 18.8 Å². The van der Waals surface area contributed by atoms with Crippen LogP contribution in [0.1, 0.15) is 27.2 Å². The minimum Gasteiger partial charge on any atom is -0.379 e. The third-order valence-corrected chi connectivity index (χ3v) is 1.15. The monoisotopic (exact) mass is 159 g/mol. The van der Waals surface area contributed by atoms with Gasteiger partial charge in [0.1, 0.15) is 0 Å². The van der Waals surface area contributed by atoms with Gasteiger partial charge in [0, 0.05) is 6.61 Å². The Bertz CT molecular complexity index is 81.6. The maximum atomic E-state index is 5.45. The Kier molecular flexibility index (Phi) is 6.57. The van der Waals surface area contributed by atoms with Gasteiger partial charge in [-0.15, -0.1) is 0 Å². The molecular weight excluding hydrogens is 140 g/mol. The van der Waals surface area contributed by atoms with Gasteiger partial charge in [-0.05, 0) is 27.2 Å². The van der Waals surface area contributed by atoms with Crippen LogP contribution in [0.3, 0.4) is 0 Å². The van der Waals surface area contributed by atoms with Crippen LogP contribution >= 0.6 is 0 Å². The molecule has 67 valence electrons. The summed E-state index contributed by atoms with van der Waals surface area (Å²) in [7, 11) is 0. The van der Waals surface area contributed by atoms with Crippen LogP contribution in [0.2, 0.25) is 0 Å². The lowest BCUT2D eigenvalue weighted by Crippen LogP contribution is -2.20. The second-order valence-electron chi connectivity index (χ2n) is 2.92. The quantitative estimate of drug-likeness (QED) is 0.552. The van der Waals surface area contributed by atoms with Crippen molar-refractivity contribution in [2.24, 2.45) is 0 Å². The molecule has 0 N–H and O–H groups in total. The minimum absolute atomic E-state index is 0.196. The first kappa shape index (κ1) is 10.9. The smallest absolute Gasteiger partial charge is 0.0783 e. The zero-order valence-electron chi connectivity index (χ0n) is 7.80.